The van der Waals surface area contributed by atoms with Gasteiger partial charge in [0.1, 0.15) is 5.78 Å². The summed E-state index contributed by atoms with van der Waals surface area (Å²) >= 11 is 0. The van der Waals surface area contributed by atoms with Crippen LogP contribution in [-0.2, 0) is 19.4 Å². The molecule has 84 valence electrons. The number of carbonyl (C=O) groups excluding carboxylic acids is 2. The van der Waals surface area contributed by atoms with Crippen LogP contribution < -0.4 is 11.5 Å². The molecule has 0 heterocycles. The van der Waals surface area contributed by atoms with Crippen LogP contribution in [0, 0.1) is 11.2 Å². The standard InChI is InChI=1S/C8H12N2O4S/c9-5-7(11)1-3-15(13,14)4-2-8(12)6-10/h1,3,5-6,9-10H2. The second-order valence-corrected chi connectivity index (χ2v) is 4.51. The Hall–Kier alpha value is -1.23. The first kappa shape index (κ1) is 13.8. The van der Waals surface area contributed by atoms with Crippen LogP contribution in [0.3, 0.4) is 0 Å². The summed E-state index contributed by atoms with van der Waals surface area (Å²) in [6, 6.07) is 0. The van der Waals surface area contributed by atoms with Gasteiger partial charge < -0.3 is 11.5 Å². The fourth-order valence-corrected chi connectivity index (χ4v) is 1.45. The molecule has 0 radical (unpaired) electrons. The average molecular weight is 232 g/mol. The van der Waals surface area contributed by atoms with Crippen molar-refractivity contribution in [1.82, 2.24) is 0 Å². The zero-order valence-corrected chi connectivity index (χ0v) is 8.84. The predicted molar refractivity (Wildman–Crippen MR) is 54.3 cm³/mol. The van der Waals surface area contributed by atoms with E-state index in [4.69, 9.17) is 11.5 Å². The van der Waals surface area contributed by atoms with Gasteiger partial charge in [-0.1, -0.05) is 0 Å². The molecule has 4 N–H and O–H groups in total. The van der Waals surface area contributed by atoms with Crippen molar-refractivity contribution in [3.05, 3.63) is 0 Å². The molecule has 0 aromatic heterocycles. The van der Waals surface area contributed by atoms with Crippen molar-refractivity contribution in [1.29, 1.82) is 0 Å². The van der Waals surface area contributed by atoms with E-state index in [0.717, 1.165) is 0 Å². The van der Waals surface area contributed by atoms with Crippen LogP contribution in [0.2, 0.25) is 0 Å². The Morgan fingerprint density at radius 3 is 2.20 bits per heavy atom. The average Bonchev–Trinajstić information content (AvgIpc) is 2.22. The van der Waals surface area contributed by atoms with Gasteiger partial charge in [-0.3, -0.25) is 9.59 Å². The molecule has 0 spiro atoms. The molecule has 0 unspecified atom stereocenters. The molecular weight excluding hydrogens is 220 g/mol. The first-order valence-electron chi connectivity index (χ1n) is 4.11. The predicted octanol–water partition coefficient (Wildman–Crippen LogP) is -2.19. The molecule has 0 rings (SSSR count). The lowest BCUT2D eigenvalue weighted by Gasteiger charge is -1.94. The van der Waals surface area contributed by atoms with Crippen molar-refractivity contribution in [2.24, 2.45) is 11.5 Å². The Kier molecular flexibility index (Phi) is 5.77. The lowest BCUT2D eigenvalue weighted by Crippen LogP contribution is -2.17. The van der Waals surface area contributed by atoms with E-state index in [1.165, 1.54) is 0 Å². The van der Waals surface area contributed by atoms with Gasteiger partial charge in [0.15, 0.2) is 0 Å². The molecule has 0 aliphatic carbocycles. The summed E-state index contributed by atoms with van der Waals surface area (Å²) in [5, 5.41) is 1.79. The summed E-state index contributed by atoms with van der Waals surface area (Å²) in [5.41, 5.74) is 9.92. The smallest absolute Gasteiger partial charge is 0.220 e. The monoisotopic (exact) mass is 232 g/mol. The van der Waals surface area contributed by atoms with Crippen molar-refractivity contribution in [3.8, 4) is 11.2 Å². The minimum atomic E-state index is -3.71. The summed E-state index contributed by atoms with van der Waals surface area (Å²) in [6.07, 6.45) is -0.190. The second-order valence-electron chi connectivity index (χ2n) is 2.67. The van der Waals surface area contributed by atoms with E-state index in [9.17, 15) is 18.0 Å². The zero-order chi connectivity index (χ0) is 11.9. The van der Waals surface area contributed by atoms with Crippen molar-refractivity contribution in [3.63, 3.8) is 0 Å². The van der Waals surface area contributed by atoms with Crippen LogP contribution in [0.4, 0.5) is 0 Å². The number of Topliss-reactive ketones (excluding diaryl/α,β-unsaturated/α-hetero) is 2. The quantitative estimate of drug-likeness (QED) is 0.410. The third-order valence-corrected chi connectivity index (χ3v) is 2.56. The summed E-state index contributed by atoms with van der Waals surface area (Å²) in [7, 11) is -3.71. The SMILES string of the molecule is NCC(=O)C#CS(=O)(=O)CCC(=O)CN. The maximum absolute atomic E-state index is 11.1. The second kappa shape index (κ2) is 6.29. The van der Waals surface area contributed by atoms with Crippen molar-refractivity contribution >= 4 is 21.4 Å². The minimum absolute atomic E-state index is 0.190. The molecular formula is C8H12N2O4S. The number of rotatable bonds is 5. The van der Waals surface area contributed by atoms with Gasteiger partial charge in [-0.2, -0.15) is 0 Å². The molecule has 0 fully saturated rings. The Balaban J connectivity index is 4.37. The highest BCUT2D eigenvalue weighted by atomic mass is 32.2. The molecule has 0 aliphatic heterocycles. The van der Waals surface area contributed by atoms with E-state index in [1.807, 2.05) is 5.92 Å². The Bertz CT molecular complexity index is 402. The van der Waals surface area contributed by atoms with E-state index in [0.29, 0.717) is 0 Å². The maximum Gasteiger partial charge on any atom is 0.220 e. The molecule has 0 atom stereocenters. The van der Waals surface area contributed by atoms with Crippen LogP contribution >= 0.6 is 0 Å². The van der Waals surface area contributed by atoms with Gasteiger partial charge in [-0.15, -0.1) is 0 Å². The molecule has 0 aliphatic rings. The largest absolute Gasteiger partial charge is 0.324 e. The van der Waals surface area contributed by atoms with E-state index in [-0.39, 0.29) is 25.3 Å². The van der Waals surface area contributed by atoms with E-state index in [2.05, 4.69) is 0 Å². The highest BCUT2D eigenvalue weighted by Crippen LogP contribution is 1.92. The third-order valence-electron chi connectivity index (χ3n) is 1.41. The van der Waals surface area contributed by atoms with Crippen LogP contribution in [0.15, 0.2) is 0 Å². The van der Waals surface area contributed by atoms with Crippen LogP contribution in [0.5, 0.6) is 0 Å². The molecule has 0 aromatic rings. The normalized spacial score (nSPS) is 10.3. The summed E-state index contributed by atoms with van der Waals surface area (Å²) in [6.45, 7) is -0.533. The summed E-state index contributed by atoms with van der Waals surface area (Å²) in [5.74, 6) is 0.414. The molecule has 6 nitrogen and oxygen atoms in total. The third kappa shape index (κ3) is 6.79. The summed E-state index contributed by atoms with van der Waals surface area (Å²) in [4.78, 5) is 21.3. The first-order chi connectivity index (χ1) is 6.91. The lowest BCUT2D eigenvalue weighted by atomic mass is 10.3. The number of ketones is 2. The van der Waals surface area contributed by atoms with Crippen LogP contribution in [0.1, 0.15) is 6.42 Å². The number of nitrogens with two attached hydrogens (primary N) is 2. The van der Waals surface area contributed by atoms with Gasteiger partial charge >= 0.3 is 0 Å². The van der Waals surface area contributed by atoms with Crippen LogP contribution in [0.25, 0.3) is 0 Å². The Morgan fingerprint density at radius 2 is 1.73 bits per heavy atom. The Morgan fingerprint density at radius 1 is 1.13 bits per heavy atom. The highest BCUT2D eigenvalue weighted by Gasteiger charge is 2.09. The molecule has 15 heavy (non-hydrogen) atoms. The van der Waals surface area contributed by atoms with Gasteiger partial charge in [-0.25, -0.2) is 8.42 Å². The van der Waals surface area contributed by atoms with Gasteiger partial charge in [0.05, 0.1) is 18.8 Å². The molecule has 0 aromatic carbocycles. The maximum atomic E-state index is 11.1. The van der Waals surface area contributed by atoms with Crippen molar-refractivity contribution in [2.75, 3.05) is 18.8 Å². The van der Waals surface area contributed by atoms with Gasteiger partial charge in [0, 0.05) is 11.7 Å². The number of hydrogen-bond acceptors (Lipinski definition) is 6. The molecule has 0 saturated carbocycles. The topological polar surface area (TPSA) is 120 Å². The molecule has 7 heteroatoms. The van der Waals surface area contributed by atoms with Crippen molar-refractivity contribution < 1.29 is 18.0 Å². The number of sulfone groups is 1. The fraction of sp³-hybridized carbons (Fsp3) is 0.500. The van der Waals surface area contributed by atoms with Gasteiger partial charge in [0.2, 0.25) is 15.6 Å². The molecule has 0 bridgehead atoms. The Labute approximate surface area is 87.9 Å². The number of hydrogen-bond donors (Lipinski definition) is 2. The highest BCUT2D eigenvalue weighted by molar-refractivity contribution is 7.96. The number of carbonyl (C=O) groups is 2. The van der Waals surface area contributed by atoms with E-state index < -0.39 is 21.4 Å². The van der Waals surface area contributed by atoms with Gasteiger partial charge in [-0.05, 0) is 5.92 Å². The zero-order valence-electron chi connectivity index (χ0n) is 8.02. The lowest BCUT2D eigenvalue weighted by molar-refractivity contribution is -0.117. The van der Waals surface area contributed by atoms with Crippen molar-refractivity contribution in [2.45, 2.75) is 6.42 Å². The van der Waals surface area contributed by atoms with E-state index in [1.54, 1.807) is 5.25 Å². The molecule has 0 amide bonds. The minimum Gasteiger partial charge on any atom is -0.324 e. The van der Waals surface area contributed by atoms with Crippen LogP contribution in [-0.4, -0.2) is 38.8 Å². The van der Waals surface area contributed by atoms with Gasteiger partial charge in [0.25, 0.3) is 0 Å². The van der Waals surface area contributed by atoms with E-state index >= 15 is 0 Å². The molecule has 0 saturated heterocycles. The summed E-state index contributed by atoms with van der Waals surface area (Å²) < 4.78 is 22.2. The fourth-order valence-electron chi connectivity index (χ4n) is 0.587. The first-order valence-corrected chi connectivity index (χ1v) is 5.76.